The summed E-state index contributed by atoms with van der Waals surface area (Å²) in [5, 5.41) is 0. The Morgan fingerprint density at radius 1 is 0.943 bits per heavy atom. The molecule has 5 nitrogen and oxygen atoms in total. The molecule has 178 valence electrons. The van der Waals surface area contributed by atoms with Gasteiger partial charge in [-0.1, -0.05) is 30.0 Å². The van der Waals surface area contributed by atoms with Crippen LogP contribution in [0.1, 0.15) is 15.9 Å². The first-order valence-electron chi connectivity index (χ1n) is 11.3. The van der Waals surface area contributed by atoms with Gasteiger partial charge in [0.05, 0.1) is 10.6 Å². The van der Waals surface area contributed by atoms with Crippen molar-refractivity contribution in [2.45, 2.75) is 4.90 Å². The summed E-state index contributed by atoms with van der Waals surface area (Å²) in [4.78, 5) is 32.8. The first kappa shape index (κ1) is 23.1. The van der Waals surface area contributed by atoms with E-state index in [4.69, 9.17) is 0 Å². The number of amides is 2. The maximum Gasteiger partial charge on any atom is 0.264 e. The topological polar surface area (TPSA) is 43.9 Å². The number of carbonyl (C=O) groups is 2. The number of carbonyl (C=O) groups excluding carboxylic acids is 2. The first-order valence-corrected chi connectivity index (χ1v) is 12.1. The van der Waals surface area contributed by atoms with Crippen LogP contribution in [0, 0.1) is 11.6 Å². The Morgan fingerprint density at radius 3 is 2.37 bits per heavy atom. The summed E-state index contributed by atoms with van der Waals surface area (Å²) in [6, 6.07) is 18.0. The van der Waals surface area contributed by atoms with Crippen LogP contribution < -0.4 is 9.80 Å². The van der Waals surface area contributed by atoms with Gasteiger partial charge in [-0.15, -0.1) is 0 Å². The summed E-state index contributed by atoms with van der Waals surface area (Å²) in [6.45, 7) is 2.40. The van der Waals surface area contributed by atoms with Crippen LogP contribution in [0.3, 0.4) is 0 Å². The number of nitrogens with zero attached hydrogens (tertiary/aromatic N) is 3. The zero-order valence-electron chi connectivity index (χ0n) is 19.1. The van der Waals surface area contributed by atoms with E-state index in [1.165, 1.54) is 34.9 Å². The van der Waals surface area contributed by atoms with Crippen molar-refractivity contribution in [1.82, 2.24) is 4.90 Å². The van der Waals surface area contributed by atoms with Gasteiger partial charge in [-0.2, -0.15) is 0 Å². The highest BCUT2D eigenvalue weighted by molar-refractivity contribution is 8.04. The summed E-state index contributed by atoms with van der Waals surface area (Å²) in [7, 11) is 1.66. The molecule has 2 heterocycles. The highest BCUT2D eigenvalue weighted by Gasteiger charge is 2.29. The Hall–Kier alpha value is -3.65. The van der Waals surface area contributed by atoms with Crippen LogP contribution in [0.2, 0.25) is 0 Å². The highest BCUT2D eigenvalue weighted by atomic mass is 32.2. The lowest BCUT2D eigenvalue weighted by Crippen LogP contribution is -2.48. The van der Waals surface area contributed by atoms with Gasteiger partial charge in [-0.05, 0) is 54.6 Å². The molecule has 0 bridgehead atoms. The summed E-state index contributed by atoms with van der Waals surface area (Å²) >= 11 is 1.27. The predicted octanol–water partition coefficient (Wildman–Crippen LogP) is 5.04. The number of benzene rings is 3. The Bertz CT molecular complexity index is 1320. The number of rotatable bonds is 3. The van der Waals surface area contributed by atoms with Crippen LogP contribution in [0.25, 0.3) is 6.08 Å². The fourth-order valence-corrected chi connectivity index (χ4v) is 5.35. The van der Waals surface area contributed by atoms with Gasteiger partial charge >= 0.3 is 0 Å². The number of thioether (sulfide) groups is 1. The number of halogens is 2. The molecule has 0 unspecified atom stereocenters. The van der Waals surface area contributed by atoms with Crippen LogP contribution in [0.5, 0.6) is 0 Å². The van der Waals surface area contributed by atoms with Crippen molar-refractivity contribution >= 4 is 41.0 Å². The van der Waals surface area contributed by atoms with Gasteiger partial charge in [0.25, 0.3) is 11.8 Å². The molecule has 0 N–H and O–H groups in total. The van der Waals surface area contributed by atoms with Crippen molar-refractivity contribution in [3.05, 3.63) is 94.4 Å². The molecule has 0 atom stereocenters. The van der Waals surface area contributed by atoms with Gasteiger partial charge < -0.3 is 14.7 Å². The summed E-state index contributed by atoms with van der Waals surface area (Å²) < 4.78 is 27.3. The van der Waals surface area contributed by atoms with E-state index < -0.39 is 0 Å². The maximum atomic E-state index is 14.1. The second-order valence-corrected chi connectivity index (χ2v) is 9.52. The second-order valence-electron chi connectivity index (χ2n) is 8.43. The number of fused-ring (bicyclic) bond motifs is 1. The van der Waals surface area contributed by atoms with Crippen molar-refractivity contribution in [1.29, 1.82) is 0 Å². The molecule has 8 heteroatoms. The molecule has 1 saturated heterocycles. The Labute approximate surface area is 206 Å². The lowest BCUT2D eigenvalue weighted by Gasteiger charge is -2.36. The van der Waals surface area contributed by atoms with Crippen LogP contribution in [0.15, 0.2) is 76.5 Å². The van der Waals surface area contributed by atoms with Crippen molar-refractivity contribution in [3.63, 3.8) is 0 Å². The fraction of sp³-hybridized carbons (Fsp3) is 0.185. The zero-order valence-corrected chi connectivity index (χ0v) is 19.9. The molecule has 0 aromatic heterocycles. The van der Waals surface area contributed by atoms with E-state index >= 15 is 0 Å². The lowest BCUT2D eigenvalue weighted by atomic mass is 10.1. The molecular weight excluding hydrogens is 468 g/mol. The van der Waals surface area contributed by atoms with Crippen LogP contribution >= 0.6 is 11.8 Å². The van der Waals surface area contributed by atoms with E-state index in [1.54, 1.807) is 60.5 Å². The monoisotopic (exact) mass is 491 g/mol. The molecule has 35 heavy (non-hydrogen) atoms. The summed E-state index contributed by atoms with van der Waals surface area (Å²) in [5.74, 6) is -0.998. The van der Waals surface area contributed by atoms with Crippen molar-refractivity contribution in [2.24, 2.45) is 0 Å². The molecule has 0 saturated carbocycles. The minimum atomic E-state index is -0.387. The molecule has 2 aliphatic rings. The van der Waals surface area contributed by atoms with Crippen molar-refractivity contribution < 1.29 is 18.4 Å². The average Bonchev–Trinajstić information content (AvgIpc) is 2.88. The van der Waals surface area contributed by atoms with Crippen LogP contribution in [0.4, 0.5) is 20.2 Å². The zero-order chi connectivity index (χ0) is 24.5. The van der Waals surface area contributed by atoms with Gasteiger partial charge in [0.15, 0.2) is 0 Å². The fourth-order valence-electron chi connectivity index (χ4n) is 4.26. The van der Waals surface area contributed by atoms with Gasteiger partial charge in [0, 0.05) is 54.9 Å². The van der Waals surface area contributed by atoms with E-state index in [0.717, 1.165) is 10.6 Å². The highest BCUT2D eigenvalue weighted by Crippen LogP contribution is 2.42. The minimum Gasteiger partial charge on any atom is -0.368 e. The van der Waals surface area contributed by atoms with Gasteiger partial charge in [0.1, 0.15) is 11.6 Å². The average molecular weight is 492 g/mol. The van der Waals surface area contributed by atoms with E-state index in [0.29, 0.717) is 47.9 Å². The summed E-state index contributed by atoms with van der Waals surface area (Å²) in [5.41, 5.74) is 2.46. The number of hydrogen-bond acceptors (Lipinski definition) is 4. The number of hydrogen-bond donors (Lipinski definition) is 0. The molecule has 3 aromatic rings. The molecule has 0 aliphatic carbocycles. The smallest absolute Gasteiger partial charge is 0.264 e. The molecular formula is C27H23F2N3O2S. The molecule has 1 fully saturated rings. The molecule has 0 spiro atoms. The summed E-state index contributed by atoms with van der Waals surface area (Å²) in [6.07, 6.45) is 1.56. The molecule has 0 radical (unpaired) electrons. The molecule has 2 aliphatic heterocycles. The quantitative estimate of drug-likeness (QED) is 0.482. The molecule has 2 amide bonds. The first-order chi connectivity index (χ1) is 16.9. The maximum absolute atomic E-state index is 14.1. The normalized spacial score (nSPS) is 17.1. The third-order valence-electron chi connectivity index (χ3n) is 6.25. The Balaban J connectivity index is 1.31. The van der Waals surface area contributed by atoms with Crippen molar-refractivity contribution in [3.8, 4) is 0 Å². The minimum absolute atomic E-state index is 0.0925. The van der Waals surface area contributed by atoms with Crippen LogP contribution in [-0.2, 0) is 4.79 Å². The van der Waals surface area contributed by atoms with Gasteiger partial charge in [-0.3, -0.25) is 9.59 Å². The standard InChI is InChI=1S/C27H23F2N3O2S/c1-30-23-16-19(26(33)32-14-12-31(13-15-32)21-9-7-20(28)8-10-21)6-11-24(23)35-25(27(30)34)17-18-4-2-3-5-22(18)29/h2-11,16-17H,12-15H2,1H3/b25-17-. The molecule has 3 aromatic carbocycles. The second kappa shape index (κ2) is 9.54. The Morgan fingerprint density at radius 2 is 1.66 bits per heavy atom. The van der Waals surface area contributed by atoms with Gasteiger partial charge in [0.2, 0.25) is 0 Å². The third kappa shape index (κ3) is 4.66. The van der Waals surface area contributed by atoms with E-state index in [1.807, 2.05) is 6.07 Å². The Kier molecular flexibility index (Phi) is 6.30. The van der Waals surface area contributed by atoms with Crippen LogP contribution in [-0.4, -0.2) is 49.9 Å². The third-order valence-corrected chi connectivity index (χ3v) is 7.33. The lowest BCUT2D eigenvalue weighted by molar-refractivity contribution is -0.114. The number of anilines is 2. The number of likely N-dealkylation sites (N-methyl/N-ethyl adjacent to an activating group) is 1. The predicted molar refractivity (Wildman–Crippen MR) is 135 cm³/mol. The largest absolute Gasteiger partial charge is 0.368 e. The van der Waals surface area contributed by atoms with E-state index in [9.17, 15) is 18.4 Å². The van der Waals surface area contributed by atoms with E-state index in [-0.39, 0.29) is 23.4 Å². The van der Waals surface area contributed by atoms with Crippen molar-refractivity contribution in [2.75, 3.05) is 43.0 Å². The van der Waals surface area contributed by atoms with E-state index in [2.05, 4.69) is 4.90 Å². The van der Waals surface area contributed by atoms with Gasteiger partial charge in [-0.25, -0.2) is 8.78 Å². The number of piperazine rings is 1. The SMILES string of the molecule is CN1C(=O)/C(=C/c2ccccc2F)Sc2ccc(C(=O)N3CCN(c4ccc(F)cc4)CC3)cc21. The molecule has 5 rings (SSSR count).